The molecule has 0 saturated heterocycles. The molecule has 6 heteroatoms. The molecule has 0 bridgehead atoms. The molecule has 0 saturated carbocycles. The zero-order valence-corrected chi connectivity index (χ0v) is 20.8. The van der Waals surface area contributed by atoms with E-state index in [1.807, 2.05) is 37.3 Å². The number of hydrogen-bond acceptors (Lipinski definition) is 6. The quantitative estimate of drug-likeness (QED) is 0.204. The first-order valence-electron chi connectivity index (χ1n) is 12.1. The molecule has 1 N–H and O–H groups in total. The van der Waals surface area contributed by atoms with E-state index >= 15 is 0 Å². The number of benzene rings is 3. The van der Waals surface area contributed by atoms with Crippen molar-refractivity contribution < 1.29 is 23.8 Å². The van der Waals surface area contributed by atoms with E-state index in [1.165, 1.54) is 6.92 Å². The van der Waals surface area contributed by atoms with Crippen LogP contribution in [0.1, 0.15) is 48.4 Å². The van der Waals surface area contributed by atoms with Crippen LogP contribution in [-0.4, -0.2) is 24.1 Å². The molecule has 0 spiro atoms. The van der Waals surface area contributed by atoms with Crippen LogP contribution in [0.4, 0.5) is 0 Å². The number of aryl methyl sites for hydroxylation is 1. The number of carbonyl (C=O) groups is 1. The number of ether oxygens (including phenoxy) is 2. The molecule has 0 unspecified atom stereocenters. The van der Waals surface area contributed by atoms with Crippen molar-refractivity contribution in [2.24, 2.45) is 0 Å². The molecule has 0 aliphatic heterocycles. The number of hydrogen-bond donors (Lipinski definition) is 1. The number of Topliss-reactive ketones (excluding diaryl/α,β-unsaturated/α-hetero) is 1. The number of aromatic hydroxyl groups is 1. The Bertz CT molecular complexity index is 1440. The van der Waals surface area contributed by atoms with E-state index in [4.69, 9.17) is 13.9 Å². The molecular formula is C30H30O6. The predicted molar refractivity (Wildman–Crippen MR) is 140 cm³/mol. The SMILES string of the molecule is CCCc1c(OCCCOc2ccc3c(=O)c(-c4ccccc4)c(C)oc3c2)ccc(C(C)=O)c1O. The number of ketones is 1. The van der Waals surface area contributed by atoms with Gasteiger partial charge in [-0.25, -0.2) is 0 Å². The maximum atomic E-state index is 13.1. The summed E-state index contributed by atoms with van der Waals surface area (Å²) in [4.78, 5) is 24.8. The van der Waals surface area contributed by atoms with Gasteiger partial charge in [-0.1, -0.05) is 43.7 Å². The van der Waals surface area contributed by atoms with Crippen molar-refractivity contribution >= 4 is 16.8 Å². The summed E-state index contributed by atoms with van der Waals surface area (Å²) >= 11 is 0. The molecule has 6 nitrogen and oxygen atoms in total. The number of phenols is 1. The van der Waals surface area contributed by atoms with Gasteiger partial charge in [0.2, 0.25) is 5.43 Å². The molecule has 0 radical (unpaired) electrons. The second-order valence-electron chi connectivity index (χ2n) is 8.68. The maximum absolute atomic E-state index is 13.1. The van der Waals surface area contributed by atoms with Gasteiger partial charge < -0.3 is 19.0 Å². The lowest BCUT2D eigenvalue weighted by atomic mass is 10.0. The Morgan fingerprint density at radius 3 is 2.47 bits per heavy atom. The highest BCUT2D eigenvalue weighted by atomic mass is 16.5. The number of carbonyl (C=O) groups excluding carboxylic acids is 1. The third-order valence-electron chi connectivity index (χ3n) is 6.04. The minimum atomic E-state index is -0.178. The summed E-state index contributed by atoms with van der Waals surface area (Å²) in [6, 6.07) is 18.1. The Hall–Kier alpha value is -4.06. The van der Waals surface area contributed by atoms with Crippen LogP contribution < -0.4 is 14.9 Å². The van der Waals surface area contributed by atoms with E-state index in [0.29, 0.717) is 71.0 Å². The molecule has 186 valence electrons. The maximum Gasteiger partial charge on any atom is 0.200 e. The van der Waals surface area contributed by atoms with Crippen LogP contribution >= 0.6 is 0 Å². The molecule has 0 amide bonds. The van der Waals surface area contributed by atoms with Crippen molar-refractivity contribution in [3.63, 3.8) is 0 Å². The van der Waals surface area contributed by atoms with Crippen molar-refractivity contribution in [1.29, 1.82) is 0 Å². The average Bonchev–Trinajstić information content (AvgIpc) is 2.86. The summed E-state index contributed by atoms with van der Waals surface area (Å²) in [5, 5.41) is 11.0. The van der Waals surface area contributed by atoms with Gasteiger partial charge in [0.15, 0.2) is 5.78 Å². The summed E-state index contributed by atoms with van der Waals surface area (Å²) in [6.45, 7) is 6.02. The van der Waals surface area contributed by atoms with Crippen LogP contribution in [0.25, 0.3) is 22.1 Å². The van der Waals surface area contributed by atoms with E-state index in [2.05, 4.69) is 0 Å². The highest BCUT2D eigenvalue weighted by Gasteiger charge is 2.16. The van der Waals surface area contributed by atoms with Crippen LogP contribution in [0.3, 0.4) is 0 Å². The van der Waals surface area contributed by atoms with Crippen LogP contribution in [0.5, 0.6) is 17.2 Å². The van der Waals surface area contributed by atoms with Gasteiger partial charge in [-0.2, -0.15) is 0 Å². The molecule has 1 heterocycles. The Labute approximate surface area is 210 Å². The summed E-state index contributed by atoms with van der Waals surface area (Å²) in [5.41, 5.74) is 2.78. The highest BCUT2D eigenvalue weighted by Crippen LogP contribution is 2.33. The topological polar surface area (TPSA) is 86.0 Å². The molecule has 0 aliphatic carbocycles. The van der Waals surface area contributed by atoms with Gasteiger partial charge in [0.1, 0.15) is 28.6 Å². The van der Waals surface area contributed by atoms with Crippen molar-refractivity contribution in [1.82, 2.24) is 0 Å². The van der Waals surface area contributed by atoms with E-state index in [1.54, 1.807) is 37.3 Å². The minimum absolute atomic E-state index is 0.00136. The van der Waals surface area contributed by atoms with Gasteiger partial charge in [0.25, 0.3) is 0 Å². The first-order chi connectivity index (χ1) is 17.4. The molecule has 4 rings (SSSR count). The molecule has 36 heavy (non-hydrogen) atoms. The lowest BCUT2D eigenvalue weighted by Gasteiger charge is -2.15. The Morgan fingerprint density at radius 2 is 1.75 bits per heavy atom. The standard InChI is InChI=1S/C30H30O6/c1-4-9-24-26(15-14-23(19(2)31)29(24)32)35-17-8-16-34-22-12-13-25-27(18-22)36-20(3)28(30(25)33)21-10-6-5-7-11-21/h5-7,10-15,18,32H,4,8-9,16-17H2,1-3H3. The zero-order valence-electron chi connectivity index (χ0n) is 20.8. The fraction of sp³-hybridized carbons (Fsp3) is 0.267. The first-order valence-corrected chi connectivity index (χ1v) is 12.1. The summed E-state index contributed by atoms with van der Waals surface area (Å²) in [6.07, 6.45) is 2.04. The number of phenolic OH excluding ortho intramolecular Hbond substituents is 1. The minimum Gasteiger partial charge on any atom is -0.507 e. The molecule has 0 atom stereocenters. The summed E-state index contributed by atoms with van der Waals surface area (Å²) in [7, 11) is 0. The second-order valence-corrected chi connectivity index (χ2v) is 8.68. The fourth-order valence-corrected chi connectivity index (χ4v) is 4.27. The second kappa shape index (κ2) is 11.1. The zero-order chi connectivity index (χ0) is 25.7. The lowest BCUT2D eigenvalue weighted by molar-refractivity contribution is 0.101. The van der Waals surface area contributed by atoms with Gasteiger partial charge in [-0.05, 0) is 50.1 Å². The smallest absolute Gasteiger partial charge is 0.200 e. The Balaban J connectivity index is 1.40. The summed E-state index contributed by atoms with van der Waals surface area (Å²) in [5.74, 6) is 1.57. The molecule has 3 aromatic carbocycles. The Kier molecular flexibility index (Phi) is 7.74. The average molecular weight is 487 g/mol. The third kappa shape index (κ3) is 5.28. The fourth-order valence-electron chi connectivity index (χ4n) is 4.27. The summed E-state index contributed by atoms with van der Waals surface area (Å²) < 4.78 is 17.7. The van der Waals surface area contributed by atoms with Crippen molar-refractivity contribution in [2.45, 2.75) is 40.0 Å². The van der Waals surface area contributed by atoms with Gasteiger partial charge in [-0.3, -0.25) is 9.59 Å². The molecule has 0 aliphatic rings. The van der Waals surface area contributed by atoms with Gasteiger partial charge in [0, 0.05) is 18.1 Å². The van der Waals surface area contributed by atoms with Crippen LogP contribution in [0, 0.1) is 6.92 Å². The Morgan fingerprint density at radius 1 is 1.00 bits per heavy atom. The van der Waals surface area contributed by atoms with Crippen LogP contribution in [0.2, 0.25) is 0 Å². The highest BCUT2D eigenvalue weighted by molar-refractivity contribution is 5.97. The third-order valence-corrected chi connectivity index (χ3v) is 6.04. The number of fused-ring (bicyclic) bond motifs is 1. The van der Waals surface area contributed by atoms with Gasteiger partial charge in [-0.15, -0.1) is 0 Å². The van der Waals surface area contributed by atoms with Crippen molar-refractivity contribution in [3.8, 4) is 28.4 Å². The van der Waals surface area contributed by atoms with E-state index in [0.717, 1.165) is 12.0 Å². The molecular weight excluding hydrogens is 456 g/mol. The van der Waals surface area contributed by atoms with Crippen LogP contribution in [-0.2, 0) is 6.42 Å². The lowest BCUT2D eigenvalue weighted by Crippen LogP contribution is -2.08. The number of rotatable bonds is 10. The molecule has 1 aromatic heterocycles. The largest absolute Gasteiger partial charge is 0.507 e. The normalized spacial score (nSPS) is 11.0. The van der Waals surface area contributed by atoms with E-state index in [9.17, 15) is 14.7 Å². The van der Waals surface area contributed by atoms with E-state index < -0.39 is 0 Å². The van der Waals surface area contributed by atoms with Crippen molar-refractivity contribution in [2.75, 3.05) is 13.2 Å². The van der Waals surface area contributed by atoms with Crippen LogP contribution in [0.15, 0.2) is 69.9 Å². The molecule has 4 aromatic rings. The van der Waals surface area contributed by atoms with Gasteiger partial charge in [0.05, 0.1) is 29.7 Å². The predicted octanol–water partition coefficient (Wildman–Crippen LogP) is 6.48. The molecule has 0 fully saturated rings. The van der Waals surface area contributed by atoms with Gasteiger partial charge >= 0.3 is 0 Å². The van der Waals surface area contributed by atoms with E-state index in [-0.39, 0.29) is 17.0 Å². The van der Waals surface area contributed by atoms with Crippen molar-refractivity contribution in [3.05, 3.63) is 87.8 Å². The monoisotopic (exact) mass is 486 g/mol. The first kappa shape index (κ1) is 25.0.